The number of carboxylic acids is 1. The maximum absolute atomic E-state index is 11.4. The van der Waals surface area contributed by atoms with Crippen molar-refractivity contribution in [1.82, 2.24) is 5.32 Å². The van der Waals surface area contributed by atoms with Gasteiger partial charge < -0.3 is 21.9 Å². The van der Waals surface area contributed by atoms with Crippen molar-refractivity contribution in [3.63, 3.8) is 0 Å². The van der Waals surface area contributed by atoms with E-state index < -0.39 is 11.5 Å². The molecule has 1 atom stereocenters. The highest BCUT2D eigenvalue weighted by atomic mass is 16.4. The summed E-state index contributed by atoms with van der Waals surface area (Å²) in [6.07, 6.45) is 16.6. The van der Waals surface area contributed by atoms with E-state index in [-0.39, 0.29) is 12.5 Å². The van der Waals surface area contributed by atoms with Crippen LogP contribution in [0.2, 0.25) is 0 Å². The predicted molar refractivity (Wildman–Crippen MR) is 116 cm³/mol. The van der Waals surface area contributed by atoms with Gasteiger partial charge in [0.1, 0.15) is 0 Å². The number of carboxylic acid groups (broad SMARTS) is 1. The van der Waals surface area contributed by atoms with Gasteiger partial charge in [-0.2, -0.15) is 0 Å². The molecule has 0 aliphatic carbocycles. The first-order chi connectivity index (χ1) is 13.0. The summed E-state index contributed by atoms with van der Waals surface area (Å²) < 4.78 is 0. The lowest BCUT2D eigenvalue weighted by molar-refractivity contribution is -0.138. The van der Waals surface area contributed by atoms with E-state index in [1.54, 1.807) is 0 Å². The number of hydrogen-bond acceptors (Lipinski definition) is 4. The Bertz CT molecular complexity index is 334. The first-order valence-corrected chi connectivity index (χ1v) is 11.4. The van der Waals surface area contributed by atoms with Crippen molar-refractivity contribution in [1.29, 1.82) is 0 Å². The van der Waals surface area contributed by atoms with Crippen LogP contribution in [0.25, 0.3) is 0 Å². The molecule has 0 heterocycles. The van der Waals surface area contributed by atoms with Gasteiger partial charge in [0.25, 0.3) is 0 Å². The van der Waals surface area contributed by atoms with Crippen LogP contribution in [-0.4, -0.2) is 35.7 Å². The molecule has 0 bridgehead atoms. The van der Waals surface area contributed by atoms with E-state index in [0.29, 0.717) is 13.1 Å². The van der Waals surface area contributed by atoms with Crippen LogP contribution in [0.4, 0.5) is 0 Å². The van der Waals surface area contributed by atoms with Gasteiger partial charge in [0.2, 0.25) is 0 Å². The molecule has 0 fully saturated rings. The molecule has 0 aromatic rings. The second kappa shape index (κ2) is 17.4. The van der Waals surface area contributed by atoms with Crippen molar-refractivity contribution in [2.24, 2.45) is 11.5 Å². The van der Waals surface area contributed by atoms with Gasteiger partial charge in [0.05, 0.1) is 6.42 Å². The summed E-state index contributed by atoms with van der Waals surface area (Å²) in [6, 6.07) is -0.204. The smallest absolute Gasteiger partial charge is 0.304 e. The van der Waals surface area contributed by atoms with Gasteiger partial charge in [-0.05, 0) is 12.8 Å². The van der Waals surface area contributed by atoms with E-state index in [1.165, 1.54) is 64.2 Å². The highest BCUT2D eigenvalue weighted by molar-refractivity contribution is 5.67. The van der Waals surface area contributed by atoms with Gasteiger partial charge in [-0.25, -0.2) is 0 Å². The first kappa shape index (κ1) is 26.4. The fourth-order valence-corrected chi connectivity index (χ4v) is 3.85. The number of carbonyl (C=O) groups is 1. The van der Waals surface area contributed by atoms with Crippen molar-refractivity contribution in [3.05, 3.63) is 0 Å². The molecule has 0 aliphatic heterocycles. The van der Waals surface area contributed by atoms with Gasteiger partial charge >= 0.3 is 5.97 Å². The third-order valence-electron chi connectivity index (χ3n) is 5.60. The van der Waals surface area contributed by atoms with Gasteiger partial charge in [0.15, 0.2) is 0 Å². The molecule has 0 rings (SSSR count). The fraction of sp³-hybridized carbons (Fsp3) is 0.955. The second-order valence-electron chi connectivity index (χ2n) is 8.16. The minimum Gasteiger partial charge on any atom is -0.481 e. The number of nitrogens with one attached hydrogen (secondary N) is 1. The summed E-state index contributed by atoms with van der Waals surface area (Å²) in [6.45, 7) is 5.57. The van der Waals surface area contributed by atoms with Gasteiger partial charge in [-0.1, -0.05) is 90.9 Å². The molecule has 5 nitrogen and oxygen atoms in total. The Morgan fingerprint density at radius 3 is 1.74 bits per heavy atom. The molecule has 0 saturated heterocycles. The zero-order valence-corrected chi connectivity index (χ0v) is 18.1. The zero-order chi connectivity index (χ0) is 20.4. The van der Waals surface area contributed by atoms with Crippen molar-refractivity contribution < 1.29 is 9.90 Å². The van der Waals surface area contributed by atoms with Crippen LogP contribution < -0.4 is 16.8 Å². The van der Waals surface area contributed by atoms with Gasteiger partial charge in [0, 0.05) is 24.7 Å². The molecule has 162 valence electrons. The number of nitrogens with two attached hydrogens (primary N) is 2. The minimum absolute atomic E-state index is 0.0716. The van der Waals surface area contributed by atoms with Crippen molar-refractivity contribution in [3.8, 4) is 0 Å². The number of hydrogen-bond donors (Lipinski definition) is 4. The molecule has 0 aliphatic rings. The molecule has 0 spiro atoms. The van der Waals surface area contributed by atoms with E-state index in [9.17, 15) is 9.90 Å². The molecular weight excluding hydrogens is 338 g/mol. The molecule has 5 heteroatoms. The average Bonchev–Trinajstić information content (AvgIpc) is 2.64. The molecule has 0 saturated carbocycles. The monoisotopic (exact) mass is 385 g/mol. The lowest BCUT2D eigenvalue weighted by Gasteiger charge is -2.38. The third-order valence-corrected chi connectivity index (χ3v) is 5.60. The van der Waals surface area contributed by atoms with E-state index >= 15 is 0 Å². The Labute approximate surface area is 168 Å². The van der Waals surface area contributed by atoms with Crippen molar-refractivity contribution in [2.45, 2.75) is 122 Å². The third kappa shape index (κ3) is 14.1. The Kier molecular flexibility index (Phi) is 17.0. The second-order valence-corrected chi connectivity index (χ2v) is 8.16. The SMILES string of the molecule is CCCCCCCCC(N)(CCCCCCCC)C(CC(=O)O)NCCN. The number of rotatable bonds is 20. The highest BCUT2D eigenvalue weighted by Gasteiger charge is 2.35. The van der Waals surface area contributed by atoms with Gasteiger partial charge in [-0.3, -0.25) is 4.79 Å². The lowest BCUT2D eigenvalue weighted by atomic mass is 9.79. The summed E-state index contributed by atoms with van der Waals surface area (Å²) in [5.74, 6) is -0.787. The Balaban J connectivity index is 4.67. The first-order valence-electron chi connectivity index (χ1n) is 11.4. The Morgan fingerprint density at radius 2 is 1.33 bits per heavy atom. The lowest BCUT2D eigenvalue weighted by Crippen LogP contribution is -2.58. The minimum atomic E-state index is -0.787. The van der Waals surface area contributed by atoms with E-state index in [2.05, 4.69) is 19.2 Å². The summed E-state index contributed by atoms with van der Waals surface area (Å²) in [5.41, 5.74) is 12.0. The van der Waals surface area contributed by atoms with Crippen LogP contribution in [0.3, 0.4) is 0 Å². The predicted octanol–water partition coefficient (Wildman–Crippen LogP) is 4.58. The topological polar surface area (TPSA) is 101 Å². The molecule has 0 radical (unpaired) electrons. The molecule has 0 aromatic heterocycles. The molecular formula is C22H47N3O2. The summed E-state index contributed by atoms with van der Waals surface area (Å²) in [5, 5.41) is 12.7. The normalized spacial score (nSPS) is 13.0. The number of aliphatic carboxylic acids is 1. The Morgan fingerprint density at radius 1 is 0.889 bits per heavy atom. The highest BCUT2D eigenvalue weighted by Crippen LogP contribution is 2.26. The van der Waals surface area contributed by atoms with Crippen LogP contribution in [0.15, 0.2) is 0 Å². The number of unbranched alkanes of at least 4 members (excludes halogenated alkanes) is 10. The van der Waals surface area contributed by atoms with Gasteiger partial charge in [-0.15, -0.1) is 0 Å². The molecule has 1 unspecified atom stereocenters. The standard InChI is InChI=1S/C22H47N3O2/c1-3-5-7-9-11-13-15-22(24,16-14-12-10-8-6-4-2)20(19-21(26)27)25-18-17-23/h20,25H,3-19,23-24H2,1-2H3,(H,26,27). The van der Waals surface area contributed by atoms with E-state index in [0.717, 1.165) is 25.7 Å². The summed E-state index contributed by atoms with van der Waals surface area (Å²) in [4.78, 5) is 11.4. The Hall–Kier alpha value is -0.650. The van der Waals surface area contributed by atoms with Crippen molar-refractivity contribution >= 4 is 5.97 Å². The molecule has 0 aromatic carbocycles. The molecule has 27 heavy (non-hydrogen) atoms. The summed E-state index contributed by atoms with van der Waals surface area (Å²) in [7, 11) is 0. The van der Waals surface area contributed by atoms with Crippen LogP contribution in [0.5, 0.6) is 0 Å². The molecule has 0 amide bonds. The fourth-order valence-electron chi connectivity index (χ4n) is 3.85. The maximum Gasteiger partial charge on any atom is 0.304 e. The maximum atomic E-state index is 11.4. The largest absolute Gasteiger partial charge is 0.481 e. The summed E-state index contributed by atoms with van der Waals surface area (Å²) >= 11 is 0. The van der Waals surface area contributed by atoms with Crippen LogP contribution in [-0.2, 0) is 4.79 Å². The van der Waals surface area contributed by atoms with E-state index in [4.69, 9.17) is 11.5 Å². The van der Waals surface area contributed by atoms with Crippen LogP contribution >= 0.6 is 0 Å². The van der Waals surface area contributed by atoms with Crippen LogP contribution in [0.1, 0.15) is 110 Å². The average molecular weight is 386 g/mol. The molecule has 6 N–H and O–H groups in total. The van der Waals surface area contributed by atoms with Crippen molar-refractivity contribution in [2.75, 3.05) is 13.1 Å². The zero-order valence-electron chi connectivity index (χ0n) is 18.1. The van der Waals surface area contributed by atoms with E-state index in [1.807, 2.05) is 0 Å². The van der Waals surface area contributed by atoms with Crippen LogP contribution in [0, 0.1) is 0 Å². The quantitative estimate of drug-likeness (QED) is 0.230.